The molecule has 3 aliphatic rings. The SMILES string of the molecule is O=C(Nc1cccnc1)c1ccc2c(c1)[C@H]1[C@H]3CC[C@H](C3)[C@@H]1[C@H](c1ccccc1)N2. The van der Waals surface area contributed by atoms with Crippen LogP contribution in [0.15, 0.2) is 73.1 Å². The smallest absolute Gasteiger partial charge is 0.255 e. The third-order valence-corrected chi connectivity index (χ3v) is 7.43. The molecular formula is C26H25N3O. The van der Waals surface area contributed by atoms with Crippen LogP contribution in [0.5, 0.6) is 0 Å². The Balaban J connectivity index is 1.36. The minimum Gasteiger partial charge on any atom is -0.378 e. The molecule has 1 aliphatic heterocycles. The maximum atomic E-state index is 12.9. The lowest BCUT2D eigenvalue weighted by atomic mass is 9.68. The first kappa shape index (κ1) is 17.7. The lowest BCUT2D eigenvalue weighted by molar-refractivity contribution is 0.102. The number of amides is 1. The Kier molecular flexibility index (Phi) is 4.12. The largest absolute Gasteiger partial charge is 0.378 e. The average molecular weight is 396 g/mol. The van der Waals surface area contributed by atoms with Gasteiger partial charge in [-0.3, -0.25) is 9.78 Å². The van der Waals surface area contributed by atoms with Crippen molar-refractivity contribution < 1.29 is 4.79 Å². The van der Waals surface area contributed by atoms with Gasteiger partial charge in [-0.15, -0.1) is 0 Å². The van der Waals surface area contributed by atoms with Crippen LogP contribution in [0.1, 0.15) is 52.7 Å². The number of nitrogens with zero attached hydrogens (tertiary/aromatic N) is 1. The number of fused-ring (bicyclic) bond motifs is 7. The highest BCUT2D eigenvalue weighted by Crippen LogP contribution is 2.63. The van der Waals surface area contributed by atoms with Crippen molar-refractivity contribution in [2.75, 3.05) is 10.6 Å². The van der Waals surface area contributed by atoms with Crippen molar-refractivity contribution in [3.63, 3.8) is 0 Å². The summed E-state index contributed by atoms with van der Waals surface area (Å²) in [6.07, 6.45) is 7.37. The maximum Gasteiger partial charge on any atom is 0.255 e. The van der Waals surface area contributed by atoms with Crippen molar-refractivity contribution in [1.29, 1.82) is 0 Å². The Morgan fingerprint density at radius 3 is 2.70 bits per heavy atom. The molecule has 2 aromatic carbocycles. The Morgan fingerprint density at radius 2 is 1.87 bits per heavy atom. The fourth-order valence-corrected chi connectivity index (χ4v) is 6.26. The van der Waals surface area contributed by atoms with Crippen LogP contribution in [-0.4, -0.2) is 10.9 Å². The van der Waals surface area contributed by atoms with Crippen molar-refractivity contribution in [2.24, 2.45) is 17.8 Å². The van der Waals surface area contributed by atoms with E-state index in [-0.39, 0.29) is 5.91 Å². The summed E-state index contributed by atoms with van der Waals surface area (Å²) in [6, 6.07) is 21.1. The van der Waals surface area contributed by atoms with Gasteiger partial charge >= 0.3 is 0 Å². The summed E-state index contributed by atoms with van der Waals surface area (Å²) in [5.41, 5.74) is 5.34. The minimum atomic E-state index is -0.0734. The van der Waals surface area contributed by atoms with Gasteiger partial charge in [-0.25, -0.2) is 0 Å². The number of hydrogen-bond donors (Lipinski definition) is 2. The van der Waals surface area contributed by atoms with Gasteiger partial charge in [-0.1, -0.05) is 30.3 Å². The van der Waals surface area contributed by atoms with Gasteiger partial charge in [0.25, 0.3) is 5.91 Å². The Morgan fingerprint density at radius 1 is 1.00 bits per heavy atom. The van der Waals surface area contributed by atoms with E-state index in [4.69, 9.17) is 0 Å². The van der Waals surface area contributed by atoms with Crippen molar-refractivity contribution in [3.05, 3.63) is 89.7 Å². The molecular weight excluding hydrogens is 370 g/mol. The summed E-state index contributed by atoms with van der Waals surface area (Å²) >= 11 is 0. The molecule has 2 bridgehead atoms. The fraction of sp³-hybridized carbons (Fsp3) is 0.308. The van der Waals surface area contributed by atoms with Gasteiger partial charge < -0.3 is 10.6 Å². The molecule has 0 unspecified atom stereocenters. The zero-order chi connectivity index (χ0) is 20.1. The number of benzene rings is 2. The number of pyridine rings is 1. The van der Waals surface area contributed by atoms with Crippen molar-refractivity contribution in [1.82, 2.24) is 4.98 Å². The Bertz CT molecular complexity index is 1080. The van der Waals surface area contributed by atoms with Crippen LogP contribution in [0.3, 0.4) is 0 Å². The number of carbonyl (C=O) groups is 1. The normalized spacial score (nSPS) is 28.3. The molecule has 150 valence electrons. The van der Waals surface area contributed by atoms with Crippen molar-refractivity contribution in [2.45, 2.75) is 31.2 Å². The lowest BCUT2D eigenvalue weighted by Gasteiger charge is -2.43. The second-order valence-electron chi connectivity index (χ2n) is 8.97. The van der Waals surface area contributed by atoms with E-state index in [0.29, 0.717) is 17.9 Å². The van der Waals surface area contributed by atoms with Gasteiger partial charge in [0.05, 0.1) is 17.9 Å². The van der Waals surface area contributed by atoms with E-state index in [1.165, 1.54) is 36.1 Å². The summed E-state index contributed by atoms with van der Waals surface area (Å²) in [6.45, 7) is 0. The predicted octanol–water partition coefficient (Wildman–Crippen LogP) is 5.63. The molecule has 2 aliphatic carbocycles. The molecule has 2 saturated carbocycles. The summed E-state index contributed by atoms with van der Waals surface area (Å²) < 4.78 is 0. The van der Waals surface area contributed by atoms with E-state index >= 15 is 0 Å². The first-order chi connectivity index (χ1) is 14.8. The molecule has 2 fully saturated rings. The zero-order valence-corrected chi connectivity index (χ0v) is 16.8. The minimum absolute atomic E-state index is 0.0734. The molecule has 0 radical (unpaired) electrons. The molecule has 0 saturated heterocycles. The van der Waals surface area contributed by atoms with E-state index < -0.39 is 0 Å². The van der Waals surface area contributed by atoms with Crippen LogP contribution >= 0.6 is 0 Å². The van der Waals surface area contributed by atoms with Gasteiger partial charge in [0, 0.05) is 17.4 Å². The highest BCUT2D eigenvalue weighted by Gasteiger charge is 2.53. The first-order valence-electron chi connectivity index (χ1n) is 10.9. The highest BCUT2D eigenvalue weighted by molar-refractivity contribution is 6.04. The molecule has 4 heteroatoms. The van der Waals surface area contributed by atoms with E-state index in [0.717, 1.165) is 23.1 Å². The quantitative estimate of drug-likeness (QED) is 0.604. The molecule has 3 aromatic rings. The molecule has 2 N–H and O–H groups in total. The van der Waals surface area contributed by atoms with Crippen LogP contribution < -0.4 is 10.6 Å². The molecule has 30 heavy (non-hydrogen) atoms. The third-order valence-electron chi connectivity index (χ3n) is 7.43. The topological polar surface area (TPSA) is 54.0 Å². The number of aromatic nitrogens is 1. The first-order valence-corrected chi connectivity index (χ1v) is 10.9. The summed E-state index contributed by atoms with van der Waals surface area (Å²) in [5.74, 6) is 2.59. The van der Waals surface area contributed by atoms with Crippen molar-refractivity contribution >= 4 is 17.3 Å². The lowest BCUT2D eigenvalue weighted by Crippen LogP contribution is -2.35. The zero-order valence-electron chi connectivity index (χ0n) is 16.8. The second kappa shape index (κ2) is 6.98. The standard InChI is InChI=1S/C26H25N3O/c30-26(28-20-7-4-12-27-15-20)19-10-11-22-21(14-19)23-17-8-9-18(13-17)24(23)25(29-22)16-5-2-1-3-6-16/h1-7,10-12,14-15,17-18,23-25,29H,8-9,13H2,(H,28,30)/t17-,18+,23+,24-,25-/m0/s1. The van der Waals surface area contributed by atoms with E-state index in [2.05, 4.69) is 58.1 Å². The van der Waals surface area contributed by atoms with Crippen molar-refractivity contribution in [3.8, 4) is 0 Å². The number of nitrogens with one attached hydrogen (secondary N) is 2. The van der Waals surface area contributed by atoms with Gasteiger partial charge in [0.2, 0.25) is 0 Å². The van der Waals surface area contributed by atoms with Gasteiger partial charge in [-0.2, -0.15) is 0 Å². The molecule has 0 spiro atoms. The number of anilines is 2. The molecule has 1 amide bonds. The molecule has 6 rings (SSSR count). The van der Waals surface area contributed by atoms with E-state index in [1.807, 2.05) is 18.2 Å². The number of rotatable bonds is 3. The number of carbonyl (C=O) groups excluding carboxylic acids is 1. The summed E-state index contributed by atoms with van der Waals surface area (Å²) in [4.78, 5) is 17.0. The van der Waals surface area contributed by atoms with Crippen LogP contribution in [-0.2, 0) is 0 Å². The number of hydrogen-bond acceptors (Lipinski definition) is 3. The third kappa shape index (κ3) is 2.82. The van der Waals surface area contributed by atoms with Crippen LogP contribution in [0, 0.1) is 17.8 Å². The van der Waals surface area contributed by atoms with Gasteiger partial charge in [0.1, 0.15) is 0 Å². The maximum absolute atomic E-state index is 12.9. The predicted molar refractivity (Wildman–Crippen MR) is 118 cm³/mol. The highest BCUT2D eigenvalue weighted by atomic mass is 16.1. The Hall–Kier alpha value is -3.14. The molecule has 4 nitrogen and oxygen atoms in total. The van der Waals surface area contributed by atoms with E-state index in [9.17, 15) is 4.79 Å². The van der Waals surface area contributed by atoms with Crippen LogP contribution in [0.25, 0.3) is 0 Å². The van der Waals surface area contributed by atoms with Crippen LogP contribution in [0.4, 0.5) is 11.4 Å². The summed E-state index contributed by atoms with van der Waals surface area (Å²) in [5, 5.41) is 6.82. The second-order valence-corrected chi connectivity index (χ2v) is 8.97. The monoisotopic (exact) mass is 395 g/mol. The fourth-order valence-electron chi connectivity index (χ4n) is 6.26. The average Bonchev–Trinajstić information content (AvgIpc) is 3.42. The van der Waals surface area contributed by atoms with E-state index in [1.54, 1.807) is 12.4 Å². The van der Waals surface area contributed by atoms with Crippen LogP contribution in [0.2, 0.25) is 0 Å². The van der Waals surface area contributed by atoms with Gasteiger partial charge in [0.15, 0.2) is 0 Å². The molecule has 2 heterocycles. The van der Waals surface area contributed by atoms with Gasteiger partial charge in [-0.05, 0) is 84.4 Å². The Labute approximate surface area is 176 Å². The summed E-state index contributed by atoms with van der Waals surface area (Å²) in [7, 11) is 0. The molecule has 5 atom stereocenters. The molecule has 1 aromatic heterocycles.